The second-order valence-electron chi connectivity index (χ2n) is 4.01. The van der Waals surface area contributed by atoms with Gasteiger partial charge < -0.3 is 10.2 Å². The van der Waals surface area contributed by atoms with E-state index in [2.05, 4.69) is 0 Å². The third-order valence-corrected chi connectivity index (χ3v) is 3.09. The Labute approximate surface area is 92.5 Å². The normalized spacial score (nSPS) is 15.5. The summed E-state index contributed by atoms with van der Waals surface area (Å²) in [5.41, 5.74) is 0.509. The molecule has 0 radical (unpaired) electrons. The van der Waals surface area contributed by atoms with E-state index in [1.54, 1.807) is 12.1 Å². The van der Waals surface area contributed by atoms with Crippen LogP contribution in [-0.4, -0.2) is 22.2 Å². The highest BCUT2D eigenvalue weighted by atomic mass is 16.4. The molecule has 84 valence electrons. The zero-order valence-electron chi connectivity index (χ0n) is 8.64. The molecule has 0 aliphatic heterocycles. The largest absolute Gasteiger partial charge is 0.478 e. The highest BCUT2D eigenvalue weighted by Crippen LogP contribution is 2.38. The first-order valence-electron chi connectivity index (χ1n) is 5.20. The molecule has 0 bridgehead atoms. The SMILES string of the molecule is O=C(O)c1cccc(C2CCC2)c1C(=O)O. The van der Waals surface area contributed by atoms with E-state index in [1.807, 2.05) is 0 Å². The molecule has 2 N–H and O–H groups in total. The molecule has 0 spiro atoms. The van der Waals surface area contributed by atoms with Gasteiger partial charge in [-0.05, 0) is 30.4 Å². The first-order valence-corrected chi connectivity index (χ1v) is 5.20. The average Bonchev–Trinajstić information content (AvgIpc) is 2.14. The minimum Gasteiger partial charge on any atom is -0.478 e. The number of carboxylic acids is 2. The van der Waals surface area contributed by atoms with Gasteiger partial charge in [0.2, 0.25) is 0 Å². The Bertz CT molecular complexity index is 446. The lowest BCUT2D eigenvalue weighted by atomic mass is 9.77. The lowest BCUT2D eigenvalue weighted by molar-refractivity contribution is 0.0649. The van der Waals surface area contributed by atoms with Crippen molar-refractivity contribution in [2.75, 3.05) is 0 Å². The summed E-state index contributed by atoms with van der Waals surface area (Å²) in [6.45, 7) is 0. The maximum atomic E-state index is 11.1. The summed E-state index contributed by atoms with van der Waals surface area (Å²) in [7, 11) is 0. The third kappa shape index (κ3) is 1.66. The number of benzene rings is 1. The van der Waals surface area contributed by atoms with Gasteiger partial charge in [0.05, 0.1) is 11.1 Å². The summed E-state index contributed by atoms with van der Waals surface area (Å²) in [5.74, 6) is -2.12. The van der Waals surface area contributed by atoms with Gasteiger partial charge in [-0.3, -0.25) is 0 Å². The minimum atomic E-state index is -1.18. The zero-order chi connectivity index (χ0) is 11.7. The molecule has 16 heavy (non-hydrogen) atoms. The van der Waals surface area contributed by atoms with E-state index in [4.69, 9.17) is 10.2 Å². The average molecular weight is 220 g/mol. The van der Waals surface area contributed by atoms with Crippen LogP contribution in [-0.2, 0) is 0 Å². The molecule has 1 aromatic rings. The molecule has 4 heteroatoms. The number of rotatable bonds is 3. The minimum absolute atomic E-state index is 0.0419. The van der Waals surface area contributed by atoms with Crippen LogP contribution in [0.2, 0.25) is 0 Å². The fourth-order valence-corrected chi connectivity index (χ4v) is 2.05. The molecule has 2 rings (SSSR count). The van der Waals surface area contributed by atoms with Crippen LogP contribution < -0.4 is 0 Å². The summed E-state index contributed by atoms with van der Waals surface area (Å²) >= 11 is 0. The van der Waals surface area contributed by atoms with E-state index in [0.717, 1.165) is 19.3 Å². The Morgan fingerprint density at radius 3 is 2.25 bits per heavy atom. The fourth-order valence-electron chi connectivity index (χ4n) is 2.05. The van der Waals surface area contributed by atoms with Gasteiger partial charge in [-0.1, -0.05) is 18.6 Å². The van der Waals surface area contributed by atoms with Gasteiger partial charge in [0, 0.05) is 0 Å². The van der Waals surface area contributed by atoms with Crippen LogP contribution in [0.1, 0.15) is 51.5 Å². The molecular weight excluding hydrogens is 208 g/mol. The van der Waals surface area contributed by atoms with Crippen molar-refractivity contribution >= 4 is 11.9 Å². The van der Waals surface area contributed by atoms with Gasteiger partial charge in [0.1, 0.15) is 0 Å². The van der Waals surface area contributed by atoms with Gasteiger partial charge in [-0.25, -0.2) is 9.59 Å². The predicted molar refractivity (Wildman–Crippen MR) is 57.0 cm³/mol. The molecule has 0 heterocycles. The summed E-state index contributed by atoms with van der Waals surface area (Å²) in [5, 5.41) is 18.0. The number of aromatic carboxylic acids is 2. The van der Waals surface area contributed by atoms with Gasteiger partial charge in [-0.15, -0.1) is 0 Å². The van der Waals surface area contributed by atoms with Crippen LogP contribution in [0, 0.1) is 0 Å². The van der Waals surface area contributed by atoms with E-state index in [9.17, 15) is 9.59 Å². The number of hydrogen-bond donors (Lipinski definition) is 2. The Balaban J connectivity index is 2.55. The van der Waals surface area contributed by atoms with Crippen molar-refractivity contribution in [3.05, 3.63) is 34.9 Å². The number of hydrogen-bond acceptors (Lipinski definition) is 2. The summed E-state index contributed by atoms with van der Waals surface area (Å²) < 4.78 is 0. The molecule has 1 aliphatic rings. The van der Waals surface area contributed by atoms with Crippen LogP contribution in [0.5, 0.6) is 0 Å². The first-order chi connectivity index (χ1) is 7.61. The molecule has 0 saturated heterocycles. The maximum Gasteiger partial charge on any atom is 0.336 e. The smallest absolute Gasteiger partial charge is 0.336 e. The molecule has 0 aromatic heterocycles. The van der Waals surface area contributed by atoms with Gasteiger partial charge in [-0.2, -0.15) is 0 Å². The van der Waals surface area contributed by atoms with Gasteiger partial charge >= 0.3 is 11.9 Å². The van der Waals surface area contributed by atoms with Crippen molar-refractivity contribution in [1.82, 2.24) is 0 Å². The van der Waals surface area contributed by atoms with Crippen LogP contribution in [0.4, 0.5) is 0 Å². The highest BCUT2D eigenvalue weighted by Gasteiger charge is 2.27. The number of carbonyl (C=O) groups is 2. The van der Waals surface area contributed by atoms with Crippen molar-refractivity contribution in [2.45, 2.75) is 25.2 Å². The molecule has 1 saturated carbocycles. The molecular formula is C12H12O4. The van der Waals surface area contributed by atoms with E-state index >= 15 is 0 Å². The zero-order valence-corrected chi connectivity index (χ0v) is 8.64. The second-order valence-corrected chi connectivity index (χ2v) is 4.01. The van der Waals surface area contributed by atoms with Gasteiger partial charge in [0.25, 0.3) is 0 Å². The van der Waals surface area contributed by atoms with Crippen molar-refractivity contribution in [1.29, 1.82) is 0 Å². The Kier molecular flexibility index (Phi) is 2.64. The number of carboxylic acid groups (broad SMARTS) is 2. The standard InChI is InChI=1S/C12H12O4/c13-11(14)9-6-2-5-8(7-3-1-4-7)10(9)12(15)16/h2,5-7H,1,3-4H2,(H,13,14)(H,15,16). The van der Waals surface area contributed by atoms with Crippen molar-refractivity contribution < 1.29 is 19.8 Å². The molecule has 4 nitrogen and oxygen atoms in total. The molecule has 1 fully saturated rings. The quantitative estimate of drug-likeness (QED) is 0.819. The maximum absolute atomic E-state index is 11.1. The van der Waals surface area contributed by atoms with Crippen molar-refractivity contribution in [3.8, 4) is 0 Å². The highest BCUT2D eigenvalue weighted by molar-refractivity contribution is 6.02. The summed E-state index contributed by atoms with van der Waals surface area (Å²) in [6, 6.07) is 4.68. The van der Waals surface area contributed by atoms with Gasteiger partial charge in [0.15, 0.2) is 0 Å². The van der Waals surface area contributed by atoms with Crippen molar-refractivity contribution in [2.24, 2.45) is 0 Å². The molecule has 0 unspecified atom stereocenters. The van der Waals surface area contributed by atoms with E-state index < -0.39 is 11.9 Å². The van der Waals surface area contributed by atoms with E-state index in [0.29, 0.717) is 5.56 Å². The monoisotopic (exact) mass is 220 g/mol. The predicted octanol–water partition coefficient (Wildman–Crippen LogP) is 2.35. The first kappa shape index (κ1) is 10.7. The van der Waals surface area contributed by atoms with Crippen LogP contribution in [0.3, 0.4) is 0 Å². The topological polar surface area (TPSA) is 74.6 Å². The van der Waals surface area contributed by atoms with Crippen LogP contribution >= 0.6 is 0 Å². The Morgan fingerprint density at radius 2 is 1.81 bits per heavy atom. The van der Waals surface area contributed by atoms with Crippen LogP contribution in [0.15, 0.2) is 18.2 Å². The molecule has 0 atom stereocenters. The third-order valence-electron chi connectivity index (χ3n) is 3.09. The molecule has 0 amide bonds. The lowest BCUT2D eigenvalue weighted by Gasteiger charge is -2.27. The molecule has 1 aliphatic carbocycles. The Hall–Kier alpha value is -1.84. The van der Waals surface area contributed by atoms with E-state index in [-0.39, 0.29) is 17.0 Å². The molecule has 1 aromatic carbocycles. The summed E-state index contributed by atoms with van der Waals surface area (Å²) in [6.07, 6.45) is 2.98. The van der Waals surface area contributed by atoms with E-state index in [1.165, 1.54) is 6.07 Å². The fraction of sp³-hybridized carbons (Fsp3) is 0.333. The second kappa shape index (κ2) is 3.96. The van der Waals surface area contributed by atoms with Crippen LogP contribution in [0.25, 0.3) is 0 Å². The lowest BCUT2D eigenvalue weighted by Crippen LogP contribution is -2.17. The van der Waals surface area contributed by atoms with Crippen molar-refractivity contribution in [3.63, 3.8) is 0 Å². The Morgan fingerprint density at radius 1 is 1.12 bits per heavy atom. The summed E-state index contributed by atoms with van der Waals surface area (Å²) in [4.78, 5) is 22.1.